The minimum Gasteiger partial charge on any atom is -0.490 e. The van der Waals surface area contributed by atoms with E-state index >= 15 is 0 Å². The van der Waals surface area contributed by atoms with E-state index < -0.39 is 10.0 Å². The largest absolute Gasteiger partial charge is 0.490 e. The van der Waals surface area contributed by atoms with Gasteiger partial charge in [0.15, 0.2) is 0 Å². The molecule has 1 aliphatic heterocycles. The molecule has 0 atom stereocenters. The molecule has 2 aromatic rings. The highest BCUT2D eigenvalue weighted by atomic mass is 32.2. The molecule has 6 heteroatoms. The standard InChI is InChI=1S/C16H19NO4S/c1-22(18,19)17-9-7-14(8-10-17)21-15-5-2-4-13(12-15)16-6-3-11-20-16/h2-6,11-12,14H,7-10H2,1H3. The summed E-state index contributed by atoms with van der Waals surface area (Å²) in [7, 11) is -3.09. The lowest BCUT2D eigenvalue weighted by atomic mass is 10.1. The SMILES string of the molecule is CS(=O)(=O)N1CCC(Oc2cccc(-c3ccco3)c2)CC1. The maximum Gasteiger partial charge on any atom is 0.211 e. The number of hydrogen-bond acceptors (Lipinski definition) is 4. The molecule has 0 radical (unpaired) electrons. The van der Waals surface area contributed by atoms with Gasteiger partial charge in [0.05, 0.1) is 12.5 Å². The van der Waals surface area contributed by atoms with Gasteiger partial charge < -0.3 is 9.15 Å². The third kappa shape index (κ3) is 3.51. The van der Waals surface area contributed by atoms with Gasteiger partial charge in [0.1, 0.15) is 17.6 Å². The predicted octanol–water partition coefficient (Wildman–Crippen LogP) is 2.75. The Morgan fingerprint density at radius 1 is 1.18 bits per heavy atom. The van der Waals surface area contributed by atoms with Gasteiger partial charge in [0, 0.05) is 18.7 Å². The lowest BCUT2D eigenvalue weighted by Gasteiger charge is -2.30. The molecule has 0 bridgehead atoms. The first kappa shape index (κ1) is 15.1. The fourth-order valence-electron chi connectivity index (χ4n) is 2.64. The maximum atomic E-state index is 11.5. The molecule has 5 nitrogen and oxygen atoms in total. The van der Waals surface area contributed by atoms with Gasteiger partial charge in [-0.3, -0.25) is 0 Å². The quantitative estimate of drug-likeness (QED) is 0.869. The van der Waals surface area contributed by atoms with Gasteiger partial charge in [0.2, 0.25) is 10.0 Å². The number of hydrogen-bond donors (Lipinski definition) is 0. The zero-order chi connectivity index (χ0) is 15.6. The van der Waals surface area contributed by atoms with Crippen LogP contribution in [-0.2, 0) is 10.0 Å². The summed E-state index contributed by atoms with van der Waals surface area (Å²) in [5.74, 6) is 1.59. The molecule has 1 aliphatic rings. The second kappa shape index (κ2) is 6.14. The van der Waals surface area contributed by atoms with Gasteiger partial charge in [-0.15, -0.1) is 0 Å². The Hall–Kier alpha value is -1.79. The molecular formula is C16H19NO4S. The van der Waals surface area contributed by atoms with Crippen molar-refractivity contribution in [3.8, 4) is 17.1 Å². The van der Waals surface area contributed by atoms with Crippen molar-refractivity contribution in [3.63, 3.8) is 0 Å². The normalized spacial score (nSPS) is 17.5. The fourth-order valence-corrected chi connectivity index (χ4v) is 3.51. The molecule has 0 aliphatic carbocycles. The molecular weight excluding hydrogens is 302 g/mol. The van der Waals surface area contributed by atoms with Gasteiger partial charge in [-0.25, -0.2) is 12.7 Å². The first-order chi connectivity index (χ1) is 10.5. The fraction of sp³-hybridized carbons (Fsp3) is 0.375. The predicted molar refractivity (Wildman–Crippen MR) is 84.2 cm³/mol. The summed E-state index contributed by atoms with van der Waals surface area (Å²) in [6.45, 7) is 1.03. The van der Waals surface area contributed by atoms with Crippen molar-refractivity contribution in [1.82, 2.24) is 4.31 Å². The first-order valence-electron chi connectivity index (χ1n) is 7.28. The molecule has 1 saturated heterocycles. The van der Waals surface area contributed by atoms with Crippen molar-refractivity contribution in [2.45, 2.75) is 18.9 Å². The van der Waals surface area contributed by atoms with E-state index in [0.717, 1.165) is 17.1 Å². The molecule has 0 N–H and O–H groups in total. The van der Waals surface area contributed by atoms with E-state index in [9.17, 15) is 8.42 Å². The Morgan fingerprint density at radius 2 is 1.95 bits per heavy atom. The van der Waals surface area contributed by atoms with E-state index in [1.807, 2.05) is 36.4 Å². The number of sulfonamides is 1. The van der Waals surface area contributed by atoms with E-state index in [4.69, 9.17) is 9.15 Å². The van der Waals surface area contributed by atoms with Crippen LogP contribution in [0.4, 0.5) is 0 Å². The zero-order valence-corrected chi connectivity index (χ0v) is 13.3. The minimum absolute atomic E-state index is 0.0462. The minimum atomic E-state index is -3.09. The second-order valence-electron chi connectivity index (χ2n) is 5.48. The summed E-state index contributed by atoms with van der Waals surface area (Å²) in [5, 5.41) is 0. The molecule has 2 heterocycles. The van der Waals surface area contributed by atoms with Crippen LogP contribution in [0.2, 0.25) is 0 Å². The average molecular weight is 321 g/mol. The van der Waals surface area contributed by atoms with Crippen molar-refractivity contribution < 1.29 is 17.6 Å². The van der Waals surface area contributed by atoms with Gasteiger partial charge in [-0.1, -0.05) is 12.1 Å². The molecule has 1 fully saturated rings. The van der Waals surface area contributed by atoms with E-state index in [0.29, 0.717) is 25.9 Å². The Morgan fingerprint density at radius 3 is 2.59 bits per heavy atom. The number of rotatable bonds is 4. The molecule has 22 heavy (non-hydrogen) atoms. The molecule has 1 aromatic carbocycles. The van der Waals surface area contributed by atoms with Gasteiger partial charge >= 0.3 is 0 Å². The number of piperidine rings is 1. The topological polar surface area (TPSA) is 59.8 Å². The number of nitrogens with zero attached hydrogens (tertiary/aromatic N) is 1. The number of benzene rings is 1. The average Bonchev–Trinajstić information content (AvgIpc) is 3.01. The lowest BCUT2D eigenvalue weighted by molar-refractivity contribution is 0.135. The summed E-state index contributed by atoms with van der Waals surface area (Å²) in [4.78, 5) is 0. The molecule has 1 aromatic heterocycles. The summed E-state index contributed by atoms with van der Waals surface area (Å²) < 4.78 is 35.9. The third-order valence-corrected chi connectivity index (χ3v) is 5.12. The smallest absolute Gasteiger partial charge is 0.211 e. The van der Waals surface area contributed by atoms with Gasteiger partial charge in [0.25, 0.3) is 0 Å². The molecule has 118 valence electrons. The Labute approximate surface area is 130 Å². The van der Waals surface area contributed by atoms with Crippen LogP contribution in [0.15, 0.2) is 47.1 Å². The van der Waals surface area contributed by atoms with Gasteiger partial charge in [-0.2, -0.15) is 0 Å². The number of furan rings is 1. The van der Waals surface area contributed by atoms with Crippen molar-refractivity contribution in [3.05, 3.63) is 42.7 Å². The van der Waals surface area contributed by atoms with Crippen molar-refractivity contribution in [2.75, 3.05) is 19.3 Å². The Balaban J connectivity index is 1.64. The molecule has 0 spiro atoms. The van der Waals surface area contributed by atoms with Crippen LogP contribution >= 0.6 is 0 Å². The highest BCUT2D eigenvalue weighted by molar-refractivity contribution is 7.88. The molecule has 0 unspecified atom stereocenters. The number of ether oxygens (including phenoxy) is 1. The van der Waals surface area contributed by atoms with E-state index in [-0.39, 0.29) is 6.10 Å². The van der Waals surface area contributed by atoms with Crippen LogP contribution < -0.4 is 4.74 Å². The third-order valence-electron chi connectivity index (χ3n) is 3.81. The van der Waals surface area contributed by atoms with E-state index in [1.165, 1.54) is 10.6 Å². The highest BCUT2D eigenvalue weighted by Gasteiger charge is 2.25. The van der Waals surface area contributed by atoms with Crippen LogP contribution in [0.1, 0.15) is 12.8 Å². The lowest BCUT2D eigenvalue weighted by Crippen LogP contribution is -2.41. The summed E-state index contributed by atoms with van der Waals surface area (Å²) >= 11 is 0. The van der Waals surface area contributed by atoms with Crippen molar-refractivity contribution in [1.29, 1.82) is 0 Å². The summed E-state index contributed by atoms with van der Waals surface area (Å²) in [6.07, 6.45) is 4.35. The monoisotopic (exact) mass is 321 g/mol. The molecule has 0 amide bonds. The maximum absolute atomic E-state index is 11.5. The molecule has 0 saturated carbocycles. The zero-order valence-electron chi connectivity index (χ0n) is 12.4. The van der Waals surface area contributed by atoms with Crippen LogP contribution in [0, 0.1) is 0 Å². The highest BCUT2D eigenvalue weighted by Crippen LogP contribution is 2.26. The van der Waals surface area contributed by atoms with Gasteiger partial charge in [-0.05, 0) is 37.1 Å². The van der Waals surface area contributed by atoms with E-state index in [1.54, 1.807) is 6.26 Å². The van der Waals surface area contributed by atoms with Crippen LogP contribution in [0.3, 0.4) is 0 Å². The van der Waals surface area contributed by atoms with E-state index in [2.05, 4.69) is 0 Å². The van der Waals surface area contributed by atoms with Crippen molar-refractivity contribution in [2.24, 2.45) is 0 Å². The summed E-state index contributed by atoms with van der Waals surface area (Å²) in [5.41, 5.74) is 0.969. The Kier molecular flexibility index (Phi) is 4.22. The van der Waals surface area contributed by atoms with Crippen LogP contribution in [0.5, 0.6) is 5.75 Å². The van der Waals surface area contributed by atoms with Crippen molar-refractivity contribution >= 4 is 10.0 Å². The molecule has 3 rings (SSSR count). The summed E-state index contributed by atoms with van der Waals surface area (Å²) in [6, 6.07) is 11.5. The van der Waals surface area contributed by atoms with Crippen LogP contribution in [-0.4, -0.2) is 38.2 Å². The second-order valence-corrected chi connectivity index (χ2v) is 7.47. The first-order valence-corrected chi connectivity index (χ1v) is 9.13. The Bertz CT molecular complexity index is 716. The van der Waals surface area contributed by atoms with Crippen LogP contribution in [0.25, 0.3) is 11.3 Å².